The molecule has 1 aromatic heterocycles. The van der Waals surface area contributed by atoms with Crippen molar-refractivity contribution in [1.29, 1.82) is 0 Å². The minimum Gasteiger partial charge on any atom is -0.497 e. The summed E-state index contributed by atoms with van der Waals surface area (Å²) in [4.78, 5) is 20.1. The standard InChI is InChI=1S/C28H31ClF3N3O4S/c1-39-19-4-7-23-21(16-19)25(22(29)17-33-23)24(36)8-9-27(26(37)34-38)10-12-35(13-11-27)14-15-40-20-5-2-18(3-6-20)28(30,31)32/h2-7,16-17,24,36,38H,8-15H2,1H3,(H,34,37)/t24-/m1/s1. The van der Waals surface area contributed by atoms with Crippen LogP contribution in [-0.2, 0) is 11.0 Å². The number of aliphatic hydroxyl groups is 1. The maximum atomic E-state index is 12.8. The van der Waals surface area contributed by atoms with Crippen LogP contribution in [0.25, 0.3) is 10.9 Å². The van der Waals surface area contributed by atoms with Crippen LogP contribution in [0.5, 0.6) is 5.75 Å². The summed E-state index contributed by atoms with van der Waals surface area (Å²) in [6.45, 7) is 1.91. The van der Waals surface area contributed by atoms with Crippen molar-refractivity contribution in [3.8, 4) is 5.75 Å². The fourth-order valence-corrected chi connectivity index (χ4v) is 6.33. The van der Waals surface area contributed by atoms with E-state index in [0.29, 0.717) is 71.9 Å². The number of amides is 1. The topological polar surface area (TPSA) is 94.9 Å². The average Bonchev–Trinajstić information content (AvgIpc) is 2.95. The van der Waals surface area contributed by atoms with Gasteiger partial charge in [-0.3, -0.25) is 15.0 Å². The minimum absolute atomic E-state index is 0.243. The van der Waals surface area contributed by atoms with Gasteiger partial charge in [0.05, 0.1) is 34.7 Å². The van der Waals surface area contributed by atoms with Crippen LogP contribution in [-0.4, -0.2) is 58.6 Å². The summed E-state index contributed by atoms with van der Waals surface area (Å²) in [5, 5.41) is 21.6. The van der Waals surface area contributed by atoms with Crippen molar-refractivity contribution in [2.24, 2.45) is 5.41 Å². The summed E-state index contributed by atoms with van der Waals surface area (Å²) in [6, 6.07) is 10.4. The molecule has 0 spiro atoms. The number of aliphatic hydroxyl groups excluding tert-OH is 1. The second-order valence-electron chi connectivity index (χ2n) is 9.89. The molecule has 40 heavy (non-hydrogen) atoms. The number of thioether (sulfide) groups is 1. The Bertz CT molecular complexity index is 1320. The number of rotatable bonds is 10. The molecule has 0 bridgehead atoms. The summed E-state index contributed by atoms with van der Waals surface area (Å²) in [5.41, 5.74) is 1.46. The van der Waals surface area contributed by atoms with Gasteiger partial charge in [0.2, 0.25) is 5.91 Å². The number of fused-ring (bicyclic) bond motifs is 1. The van der Waals surface area contributed by atoms with Gasteiger partial charge in [0.1, 0.15) is 5.75 Å². The third-order valence-corrected chi connectivity index (χ3v) is 8.85. The number of alkyl halides is 3. The number of carbonyl (C=O) groups excluding carboxylic acids is 1. The van der Waals surface area contributed by atoms with Gasteiger partial charge in [-0.05, 0) is 81.2 Å². The Hall–Kier alpha value is -2.57. The number of likely N-dealkylation sites (tertiary alicyclic amines) is 1. The zero-order valence-corrected chi connectivity index (χ0v) is 23.5. The second kappa shape index (κ2) is 12.9. The van der Waals surface area contributed by atoms with Crippen LogP contribution in [0, 0.1) is 5.41 Å². The molecule has 3 aromatic rings. The van der Waals surface area contributed by atoms with Crippen molar-refractivity contribution >= 4 is 40.2 Å². The number of ether oxygens (including phenoxy) is 1. The van der Waals surface area contributed by atoms with Gasteiger partial charge in [0, 0.05) is 34.3 Å². The number of halogens is 4. The van der Waals surface area contributed by atoms with Crippen LogP contribution >= 0.6 is 23.4 Å². The molecule has 0 radical (unpaired) electrons. The van der Waals surface area contributed by atoms with Gasteiger partial charge in [-0.2, -0.15) is 13.2 Å². The number of hydroxylamine groups is 1. The Balaban J connectivity index is 1.36. The molecule has 1 fully saturated rings. The van der Waals surface area contributed by atoms with Crippen molar-refractivity contribution in [3.63, 3.8) is 0 Å². The van der Waals surface area contributed by atoms with Crippen LogP contribution in [0.15, 0.2) is 53.6 Å². The van der Waals surface area contributed by atoms with E-state index in [9.17, 15) is 28.3 Å². The molecule has 1 amide bonds. The van der Waals surface area contributed by atoms with Crippen LogP contribution in [0.4, 0.5) is 13.2 Å². The maximum absolute atomic E-state index is 12.8. The quantitative estimate of drug-likeness (QED) is 0.147. The normalized spacial score (nSPS) is 16.6. The highest BCUT2D eigenvalue weighted by Gasteiger charge is 2.41. The van der Waals surface area contributed by atoms with E-state index in [4.69, 9.17) is 16.3 Å². The van der Waals surface area contributed by atoms with E-state index in [2.05, 4.69) is 9.88 Å². The molecule has 2 aromatic carbocycles. The Morgan fingerprint density at radius 2 is 1.93 bits per heavy atom. The van der Waals surface area contributed by atoms with Crippen LogP contribution in [0.1, 0.15) is 42.9 Å². The van der Waals surface area contributed by atoms with E-state index in [-0.39, 0.29) is 6.42 Å². The lowest BCUT2D eigenvalue weighted by atomic mass is 9.73. The highest BCUT2D eigenvalue weighted by molar-refractivity contribution is 7.99. The largest absolute Gasteiger partial charge is 0.497 e. The number of hydrogen-bond acceptors (Lipinski definition) is 7. The van der Waals surface area contributed by atoms with E-state index < -0.39 is 29.2 Å². The van der Waals surface area contributed by atoms with Gasteiger partial charge in [0.15, 0.2) is 0 Å². The second-order valence-corrected chi connectivity index (χ2v) is 11.5. The lowest BCUT2D eigenvalue weighted by Gasteiger charge is -2.40. The number of nitrogens with one attached hydrogen (secondary N) is 1. The maximum Gasteiger partial charge on any atom is 0.416 e. The Labute approximate surface area is 239 Å². The molecule has 0 unspecified atom stereocenters. The molecule has 2 heterocycles. The average molecular weight is 598 g/mol. The predicted octanol–water partition coefficient (Wildman–Crippen LogP) is 6.11. The number of piperidine rings is 1. The first kappa shape index (κ1) is 30.4. The number of benzene rings is 2. The molecule has 3 N–H and O–H groups in total. The lowest BCUT2D eigenvalue weighted by molar-refractivity contribution is -0.143. The molecule has 1 atom stereocenters. The highest BCUT2D eigenvalue weighted by atomic mass is 35.5. The molecule has 4 rings (SSSR count). The van der Waals surface area contributed by atoms with E-state index in [1.807, 2.05) is 5.48 Å². The zero-order chi connectivity index (χ0) is 28.9. The summed E-state index contributed by atoms with van der Waals surface area (Å²) >= 11 is 7.91. The minimum atomic E-state index is -4.35. The SMILES string of the molecule is COc1ccc2ncc(Cl)c([C@H](O)CCC3(C(=O)NO)CCN(CCSc4ccc(C(F)(F)F)cc4)CC3)c2c1. The highest BCUT2D eigenvalue weighted by Crippen LogP contribution is 2.41. The molecule has 1 aliphatic rings. The number of nitrogens with zero attached hydrogens (tertiary/aromatic N) is 2. The Morgan fingerprint density at radius 1 is 1.23 bits per heavy atom. The first-order valence-corrected chi connectivity index (χ1v) is 14.2. The molecule has 7 nitrogen and oxygen atoms in total. The van der Waals surface area contributed by atoms with Gasteiger partial charge in [-0.1, -0.05) is 11.6 Å². The van der Waals surface area contributed by atoms with Gasteiger partial charge in [0.25, 0.3) is 0 Å². The fourth-order valence-electron chi connectivity index (χ4n) is 5.14. The van der Waals surface area contributed by atoms with Crippen molar-refractivity contribution in [2.75, 3.05) is 32.5 Å². The number of hydrogen-bond donors (Lipinski definition) is 3. The Morgan fingerprint density at radius 3 is 2.55 bits per heavy atom. The third-order valence-electron chi connectivity index (χ3n) is 7.55. The summed E-state index contributed by atoms with van der Waals surface area (Å²) in [7, 11) is 1.55. The number of carbonyl (C=O) groups is 1. The van der Waals surface area contributed by atoms with E-state index in [0.717, 1.165) is 17.0 Å². The molecule has 0 aliphatic carbocycles. The van der Waals surface area contributed by atoms with Gasteiger partial charge >= 0.3 is 6.18 Å². The number of methoxy groups -OCH3 is 1. The molecule has 12 heteroatoms. The molecule has 1 saturated heterocycles. The molecular formula is C28H31ClF3N3O4S. The molecule has 216 valence electrons. The fraction of sp³-hybridized carbons (Fsp3) is 0.429. The first-order valence-electron chi connectivity index (χ1n) is 12.8. The monoisotopic (exact) mass is 597 g/mol. The van der Waals surface area contributed by atoms with Crippen LogP contribution < -0.4 is 10.2 Å². The smallest absolute Gasteiger partial charge is 0.416 e. The van der Waals surface area contributed by atoms with Crippen molar-refractivity contribution < 1.29 is 33.0 Å². The lowest BCUT2D eigenvalue weighted by Crippen LogP contribution is -2.48. The van der Waals surface area contributed by atoms with E-state index in [1.165, 1.54) is 30.1 Å². The number of aromatic nitrogens is 1. The summed E-state index contributed by atoms with van der Waals surface area (Å²) in [6.07, 6.45) is -2.29. The first-order chi connectivity index (χ1) is 19.1. The predicted molar refractivity (Wildman–Crippen MR) is 148 cm³/mol. The number of pyridine rings is 1. The van der Waals surface area contributed by atoms with Crippen molar-refractivity contribution in [1.82, 2.24) is 15.4 Å². The van der Waals surface area contributed by atoms with E-state index >= 15 is 0 Å². The van der Waals surface area contributed by atoms with Gasteiger partial charge in [-0.15, -0.1) is 11.8 Å². The van der Waals surface area contributed by atoms with E-state index in [1.54, 1.807) is 25.3 Å². The molecule has 0 saturated carbocycles. The summed E-state index contributed by atoms with van der Waals surface area (Å²) < 4.78 is 43.6. The Kier molecular flexibility index (Phi) is 9.84. The van der Waals surface area contributed by atoms with Gasteiger partial charge in [-0.25, -0.2) is 5.48 Å². The van der Waals surface area contributed by atoms with Crippen LogP contribution in [0.3, 0.4) is 0 Å². The van der Waals surface area contributed by atoms with Crippen molar-refractivity contribution in [2.45, 2.75) is 42.9 Å². The van der Waals surface area contributed by atoms with Crippen LogP contribution in [0.2, 0.25) is 5.02 Å². The van der Waals surface area contributed by atoms with Crippen molar-refractivity contribution in [3.05, 3.63) is 64.8 Å². The molecular weight excluding hydrogens is 567 g/mol. The van der Waals surface area contributed by atoms with Gasteiger partial charge < -0.3 is 14.7 Å². The summed E-state index contributed by atoms with van der Waals surface area (Å²) in [5.74, 6) is 0.802. The third kappa shape index (κ3) is 7.01. The zero-order valence-electron chi connectivity index (χ0n) is 21.9. The molecule has 1 aliphatic heterocycles.